The predicted octanol–water partition coefficient (Wildman–Crippen LogP) is 4.53. The summed E-state index contributed by atoms with van der Waals surface area (Å²) >= 11 is 0. The third kappa shape index (κ3) is 6.02. The van der Waals surface area contributed by atoms with E-state index in [1.165, 1.54) is 0 Å². The van der Waals surface area contributed by atoms with Crippen LogP contribution < -0.4 is 15.4 Å². The molecule has 6 nitrogen and oxygen atoms in total. The van der Waals surface area contributed by atoms with Crippen LogP contribution in [0.5, 0.6) is 5.75 Å². The molecule has 2 rings (SSSR count). The van der Waals surface area contributed by atoms with Crippen LogP contribution in [0.4, 0.5) is 10.5 Å². The highest BCUT2D eigenvalue weighted by Gasteiger charge is 2.18. The molecule has 144 valence electrons. The molecule has 2 N–H and O–H groups in total. The van der Waals surface area contributed by atoms with Crippen molar-refractivity contribution in [2.45, 2.75) is 39.3 Å². The molecule has 0 spiro atoms. The van der Waals surface area contributed by atoms with E-state index in [1.807, 2.05) is 31.2 Å². The van der Waals surface area contributed by atoms with Crippen LogP contribution in [0, 0.1) is 0 Å². The summed E-state index contributed by atoms with van der Waals surface area (Å²) in [5.41, 5.74) is 1.21. The molecule has 0 bridgehead atoms. The number of hydrogen-bond donors (Lipinski definition) is 2. The molecule has 0 aromatic heterocycles. The van der Waals surface area contributed by atoms with E-state index in [9.17, 15) is 9.59 Å². The Kier molecular flexibility index (Phi) is 6.45. The maximum Gasteiger partial charge on any atom is 0.412 e. The lowest BCUT2D eigenvalue weighted by molar-refractivity contribution is 0.0635. The smallest absolute Gasteiger partial charge is 0.412 e. The maximum absolute atomic E-state index is 12.6. The molecule has 0 saturated heterocycles. The third-order valence-electron chi connectivity index (χ3n) is 3.72. The molecule has 0 radical (unpaired) electrons. The lowest BCUT2D eigenvalue weighted by Crippen LogP contribution is -2.28. The van der Waals surface area contributed by atoms with Gasteiger partial charge in [0, 0.05) is 16.8 Å². The summed E-state index contributed by atoms with van der Waals surface area (Å²) in [6, 6.07) is 14.0. The van der Waals surface area contributed by atoms with Gasteiger partial charge in [-0.05, 0) is 52.0 Å². The van der Waals surface area contributed by atoms with Gasteiger partial charge in [0.25, 0.3) is 5.91 Å². The minimum Gasteiger partial charge on any atom is -0.496 e. The Labute approximate surface area is 159 Å². The first kappa shape index (κ1) is 20.3. The van der Waals surface area contributed by atoms with E-state index in [4.69, 9.17) is 9.47 Å². The van der Waals surface area contributed by atoms with Crippen LogP contribution in [0.15, 0.2) is 48.5 Å². The first-order chi connectivity index (χ1) is 12.7. The number of methoxy groups -OCH3 is 1. The van der Waals surface area contributed by atoms with Gasteiger partial charge in [-0.3, -0.25) is 10.1 Å². The molecule has 6 heteroatoms. The number of carbonyl (C=O) groups is 2. The minimum absolute atomic E-state index is 0.240. The summed E-state index contributed by atoms with van der Waals surface area (Å²) in [6.07, 6.45) is -0.567. The zero-order valence-corrected chi connectivity index (χ0v) is 16.3. The highest BCUT2D eigenvalue weighted by molar-refractivity contribution is 5.96. The number of anilines is 1. The van der Waals surface area contributed by atoms with Gasteiger partial charge in [0.2, 0.25) is 0 Å². The monoisotopic (exact) mass is 370 g/mol. The quantitative estimate of drug-likeness (QED) is 0.810. The molecule has 0 aliphatic heterocycles. The molecule has 1 unspecified atom stereocenters. The zero-order valence-electron chi connectivity index (χ0n) is 16.3. The van der Waals surface area contributed by atoms with Crippen LogP contribution in [0.3, 0.4) is 0 Å². The van der Waals surface area contributed by atoms with E-state index in [-0.39, 0.29) is 11.9 Å². The number of para-hydroxylation sites is 1. The van der Waals surface area contributed by atoms with Gasteiger partial charge in [-0.2, -0.15) is 0 Å². The van der Waals surface area contributed by atoms with E-state index in [2.05, 4.69) is 10.6 Å². The van der Waals surface area contributed by atoms with Crippen LogP contribution in [0.1, 0.15) is 49.7 Å². The van der Waals surface area contributed by atoms with E-state index >= 15 is 0 Å². The largest absolute Gasteiger partial charge is 0.496 e. The molecule has 0 heterocycles. The minimum atomic E-state index is -0.594. The van der Waals surface area contributed by atoms with Crippen LogP contribution in [0.2, 0.25) is 0 Å². The van der Waals surface area contributed by atoms with Crippen LogP contribution in [-0.4, -0.2) is 24.7 Å². The molecule has 1 atom stereocenters. The summed E-state index contributed by atoms with van der Waals surface area (Å²) in [4.78, 5) is 24.5. The lowest BCUT2D eigenvalue weighted by atomic mass is 10.1. The Morgan fingerprint density at radius 1 is 1.04 bits per heavy atom. The summed E-state index contributed by atoms with van der Waals surface area (Å²) in [6.45, 7) is 7.25. The first-order valence-electron chi connectivity index (χ1n) is 8.73. The van der Waals surface area contributed by atoms with E-state index in [0.717, 1.165) is 5.56 Å². The van der Waals surface area contributed by atoms with Crippen molar-refractivity contribution in [2.24, 2.45) is 0 Å². The standard InChI is InChI=1S/C21H26N2O4/c1-14(17-11-6-7-12-18(17)26-5)22-19(24)15-9-8-10-16(13-15)23-20(25)27-21(2,3)4/h6-14H,1-5H3,(H,22,24)(H,23,25). The van der Waals surface area contributed by atoms with Gasteiger partial charge >= 0.3 is 6.09 Å². The Balaban J connectivity index is 2.07. The van der Waals surface area contributed by atoms with E-state index in [1.54, 1.807) is 52.1 Å². The van der Waals surface area contributed by atoms with Crippen LogP contribution in [-0.2, 0) is 4.74 Å². The number of carbonyl (C=O) groups excluding carboxylic acids is 2. The second-order valence-electron chi connectivity index (χ2n) is 7.14. The number of ether oxygens (including phenoxy) is 2. The Bertz CT molecular complexity index is 812. The van der Waals surface area contributed by atoms with Crippen LogP contribution >= 0.6 is 0 Å². The average molecular weight is 370 g/mol. The van der Waals surface area contributed by atoms with Crippen molar-refractivity contribution in [3.8, 4) is 5.75 Å². The van der Waals surface area contributed by atoms with Crippen molar-refractivity contribution in [1.29, 1.82) is 0 Å². The summed E-state index contributed by atoms with van der Waals surface area (Å²) in [7, 11) is 1.60. The molecule has 0 aliphatic rings. The van der Waals surface area contributed by atoms with Gasteiger partial charge in [-0.25, -0.2) is 4.79 Å². The van der Waals surface area contributed by atoms with Crippen molar-refractivity contribution < 1.29 is 19.1 Å². The molecule has 2 aromatic rings. The maximum atomic E-state index is 12.6. The number of hydrogen-bond acceptors (Lipinski definition) is 4. The first-order valence-corrected chi connectivity index (χ1v) is 8.73. The van der Waals surface area contributed by atoms with Crippen molar-refractivity contribution in [2.75, 3.05) is 12.4 Å². The van der Waals surface area contributed by atoms with Crippen molar-refractivity contribution in [3.63, 3.8) is 0 Å². The topological polar surface area (TPSA) is 76.7 Å². The molecule has 0 saturated carbocycles. The molecule has 0 aliphatic carbocycles. The molecular formula is C21H26N2O4. The molecule has 2 amide bonds. The van der Waals surface area contributed by atoms with Gasteiger partial charge in [-0.15, -0.1) is 0 Å². The van der Waals surface area contributed by atoms with Crippen molar-refractivity contribution >= 4 is 17.7 Å². The number of rotatable bonds is 5. The predicted molar refractivity (Wildman–Crippen MR) is 105 cm³/mol. The van der Waals surface area contributed by atoms with E-state index in [0.29, 0.717) is 17.0 Å². The fourth-order valence-corrected chi connectivity index (χ4v) is 2.54. The molecule has 2 aromatic carbocycles. The normalized spacial score (nSPS) is 12.0. The fourth-order valence-electron chi connectivity index (χ4n) is 2.54. The molecular weight excluding hydrogens is 344 g/mol. The highest BCUT2D eigenvalue weighted by atomic mass is 16.6. The zero-order chi connectivity index (χ0) is 20.0. The Morgan fingerprint density at radius 2 is 1.74 bits per heavy atom. The van der Waals surface area contributed by atoms with Crippen molar-refractivity contribution in [1.82, 2.24) is 5.32 Å². The SMILES string of the molecule is COc1ccccc1C(C)NC(=O)c1cccc(NC(=O)OC(C)(C)C)c1. The Morgan fingerprint density at radius 3 is 2.41 bits per heavy atom. The number of benzene rings is 2. The molecule has 27 heavy (non-hydrogen) atoms. The second-order valence-corrected chi connectivity index (χ2v) is 7.14. The van der Waals surface area contributed by atoms with Crippen molar-refractivity contribution in [3.05, 3.63) is 59.7 Å². The summed E-state index contributed by atoms with van der Waals surface area (Å²) in [5.74, 6) is 0.465. The lowest BCUT2D eigenvalue weighted by Gasteiger charge is -2.20. The van der Waals surface area contributed by atoms with E-state index < -0.39 is 11.7 Å². The number of nitrogens with one attached hydrogen (secondary N) is 2. The average Bonchev–Trinajstić information content (AvgIpc) is 2.60. The summed E-state index contributed by atoms with van der Waals surface area (Å²) in [5, 5.41) is 5.58. The second kappa shape index (κ2) is 8.58. The third-order valence-corrected chi connectivity index (χ3v) is 3.72. The fraction of sp³-hybridized carbons (Fsp3) is 0.333. The van der Waals surface area contributed by atoms with Crippen LogP contribution in [0.25, 0.3) is 0 Å². The van der Waals surface area contributed by atoms with Gasteiger partial charge in [0.1, 0.15) is 11.4 Å². The van der Waals surface area contributed by atoms with Gasteiger partial charge in [0.05, 0.1) is 13.2 Å². The summed E-state index contributed by atoms with van der Waals surface area (Å²) < 4.78 is 10.6. The Hall–Kier alpha value is -3.02. The van der Waals surface area contributed by atoms with Gasteiger partial charge < -0.3 is 14.8 Å². The van der Waals surface area contributed by atoms with Gasteiger partial charge in [-0.1, -0.05) is 24.3 Å². The number of amides is 2. The van der Waals surface area contributed by atoms with Gasteiger partial charge in [0.15, 0.2) is 0 Å². The molecule has 0 fully saturated rings. The highest BCUT2D eigenvalue weighted by Crippen LogP contribution is 2.24.